The van der Waals surface area contributed by atoms with Crippen LogP contribution < -0.4 is 0 Å². The first kappa shape index (κ1) is 14.7. The molecule has 0 amide bonds. The summed E-state index contributed by atoms with van der Waals surface area (Å²) in [5, 5.41) is 1.02. The Labute approximate surface area is 122 Å². The molecule has 0 spiro atoms. The molecule has 0 atom stereocenters. The SMILES string of the molecule is C[Si](C)(C)CCOCn1ccc2ccc(F)c(Br)c21. The van der Waals surface area contributed by atoms with Gasteiger partial charge in [-0.3, -0.25) is 0 Å². The van der Waals surface area contributed by atoms with Crippen molar-refractivity contribution in [1.82, 2.24) is 4.57 Å². The minimum atomic E-state index is -1.06. The molecule has 0 aliphatic rings. The largest absolute Gasteiger partial charge is 0.361 e. The van der Waals surface area contributed by atoms with Gasteiger partial charge in [0.2, 0.25) is 0 Å². The van der Waals surface area contributed by atoms with Gasteiger partial charge in [0.25, 0.3) is 0 Å². The molecule has 0 N–H and O–H groups in total. The van der Waals surface area contributed by atoms with E-state index in [1.54, 1.807) is 6.07 Å². The number of aromatic nitrogens is 1. The predicted octanol–water partition coefficient (Wildman–Crippen LogP) is 4.86. The lowest BCUT2D eigenvalue weighted by molar-refractivity contribution is 0.0901. The maximum Gasteiger partial charge on any atom is 0.139 e. The summed E-state index contributed by atoms with van der Waals surface area (Å²) < 4.78 is 21.7. The van der Waals surface area contributed by atoms with E-state index in [9.17, 15) is 4.39 Å². The van der Waals surface area contributed by atoms with Crippen molar-refractivity contribution < 1.29 is 9.13 Å². The number of halogens is 2. The Morgan fingerprint density at radius 2 is 2.00 bits per heavy atom. The van der Waals surface area contributed by atoms with Crippen LogP contribution in [0.4, 0.5) is 4.39 Å². The van der Waals surface area contributed by atoms with Crippen LogP contribution >= 0.6 is 15.9 Å². The van der Waals surface area contributed by atoms with E-state index >= 15 is 0 Å². The minimum absolute atomic E-state index is 0.241. The van der Waals surface area contributed by atoms with E-state index in [-0.39, 0.29) is 5.82 Å². The van der Waals surface area contributed by atoms with Crippen molar-refractivity contribution in [2.24, 2.45) is 0 Å². The predicted molar refractivity (Wildman–Crippen MR) is 83.7 cm³/mol. The van der Waals surface area contributed by atoms with Crippen LogP contribution in [0.3, 0.4) is 0 Å². The molecule has 1 aromatic heterocycles. The summed E-state index contributed by atoms with van der Waals surface area (Å²) in [4.78, 5) is 0. The van der Waals surface area contributed by atoms with Gasteiger partial charge in [-0.2, -0.15) is 0 Å². The Kier molecular flexibility index (Phi) is 4.48. The van der Waals surface area contributed by atoms with Gasteiger partial charge in [0, 0.05) is 26.3 Å². The van der Waals surface area contributed by atoms with Gasteiger partial charge >= 0.3 is 0 Å². The van der Waals surface area contributed by atoms with Crippen LogP contribution in [0.25, 0.3) is 10.9 Å². The van der Waals surface area contributed by atoms with Crippen molar-refractivity contribution in [3.05, 3.63) is 34.7 Å². The maximum atomic E-state index is 13.6. The third-order valence-corrected chi connectivity index (χ3v) is 5.51. The molecule has 0 fully saturated rings. The summed E-state index contributed by atoms with van der Waals surface area (Å²) in [6.45, 7) is 8.21. The third-order valence-electron chi connectivity index (χ3n) is 3.05. The summed E-state index contributed by atoms with van der Waals surface area (Å²) in [6.07, 6.45) is 1.93. The monoisotopic (exact) mass is 343 g/mol. The van der Waals surface area contributed by atoms with Crippen molar-refractivity contribution in [1.29, 1.82) is 0 Å². The van der Waals surface area contributed by atoms with Gasteiger partial charge < -0.3 is 9.30 Å². The molecule has 0 radical (unpaired) electrons. The number of fused-ring (bicyclic) bond motifs is 1. The van der Waals surface area contributed by atoms with Crippen molar-refractivity contribution in [3.8, 4) is 0 Å². The van der Waals surface area contributed by atoms with Gasteiger partial charge in [0.15, 0.2) is 0 Å². The van der Waals surface area contributed by atoms with E-state index in [0.717, 1.165) is 23.6 Å². The van der Waals surface area contributed by atoms with Crippen molar-refractivity contribution >= 4 is 34.9 Å². The molecule has 0 aliphatic heterocycles. The van der Waals surface area contributed by atoms with Crippen LogP contribution in [0.1, 0.15) is 0 Å². The Morgan fingerprint density at radius 1 is 1.26 bits per heavy atom. The maximum absolute atomic E-state index is 13.6. The fourth-order valence-corrected chi connectivity index (χ4v) is 3.22. The fraction of sp³-hybridized carbons (Fsp3) is 0.429. The Bertz CT molecular complexity index is 577. The number of hydrogen-bond donors (Lipinski definition) is 0. The summed E-state index contributed by atoms with van der Waals surface area (Å²) >= 11 is 3.31. The topological polar surface area (TPSA) is 14.2 Å². The van der Waals surface area contributed by atoms with E-state index in [2.05, 4.69) is 35.6 Å². The summed E-state index contributed by atoms with van der Waals surface area (Å²) in [5.74, 6) is -0.241. The van der Waals surface area contributed by atoms with Crippen LogP contribution in [0.2, 0.25) is 25.7 Å². The van der Waals surface area contributed by atoms with E-state index < -0.39 is 8.07 Å². The Hall–Kier alpha value is -0.653. The standard InChI is InChI=1S/C14H19BrFNOSi/c1-19(2,3)9-8-18-10-17-7-6-11-4-5-12(16)13(15)14(11)17/h4-7H,8-10H2,1-3H3. The highest BCUT2D eigenvalue weighted by atomic mass is 79.9. The second-order valence-corrected chi connectivity index (χ2v) is 12.3. The second kappa shape index (κ2) is 5.77. The summed E-state index contributed by atoms with van der Waals surface area (Å²) in [6, 6.07) is 6.37. The molecule has 2 nitrogen and oxygen atoms in total. The first-order valence-corrected chi connectivity index (χ1v) is 10.9. The van der Waals surface area contributed by atoms with Crippen LogP contribution in [0, 0.1) is 5.82 Å². The number of hydrogen-bond acceptors (Lipinski definition) is 1. The van der Waals surface area contributed by atoms with Gasteiger partial charge in [-0.05, 0) is 40.2 Å². The van der Waals surface area contributed by atoms with E-state index in [4.69, 9.17) is 4.74 Å². The molecule has 5 heteroatoms. The number of benzene rings is 1. The average molecular weight is 344 g/mol. The van der Waals surface area contributed by atoms with Crippen LogP contribution in [0.15, 0.2) is 28.9 Å². The summed E-state index contributed by atoms with van der Waals surface area (Å²) in [5.41, 5.74) is 0.855. The Morgan fingerprint density at radius 3 is 2.68 bits per heavy atom. The van der Waals surface area contributed by atoms with Crippen molar-refractivity contribution in [2.75, 3.05) is 6.61 Å². The average Bonchev–Trinajstić information content (AvgIpc) is 2.72. The van der Waals surface area contributed by atoms with Crippen molar-refractivity contribution in [3.63, 3.8) is 0 Å². The van der Waals surface area contributed by atoms with Crippen molar-refractivity contribution in [2.45, 2.75) is 32.4 Å². The van der Waals surface area contributed by atoms with Crippen LogP contribution in [-0.2, 0) is 11.5 Å². The summed E-state index contributed by atoms with van der Waals surface area (Å²) in [7, 11) is -1.06. The van der Waals surface area contributed by atoms with Crippen LogP contribution in [0.5, 0.6) is 0 Å². The molecule has 0 saturated carbocycles. The molecule has 0 bridgehead atoms. The minimum Gasteiger partial charge on any atom is -0.361 e. The molecule has 0 saturated heterocycles. The lowest BCUT2D eigenvalue weighted by atomic mass is 10.2. The molecule has 19 heavy (non-hydrogen) atoms. The van der Waals surface area contributed by atoms with Gasteiger partial charge in [-0.15, -0.1) is 0 Å². The van der Waals surface area contributed by atoms with Gasteiger partial charge in [-0.1, -0.05) is 19.6 Å². The first-order chi connectivity index (χ1) is 8.88. The highest BCUT2D eigenvalue weighted by Crippen LogP contribution is 2.27. The van der Waals surface area contributed by atoms with Gasteiger partial charge in [-0.25, -0.2) is 4.39 Å². The van der Waals surface area contributed by atoms with Gasteiger partial charge in [0.1, 0.15) is 12.5 Å². The molecule has 1 aromatic carbocycles. The molecule has 2 rings (SSSR count). The molecule has 1 heterocycles. The number of nitrogens with zero attached hydrogens (tertiary/aromatic N) is 1. The second-order valence-electron chi connectivity index (χ2n) is 5.93. The number of ether oxygens (including phenoxy) is 1. The molecule has 2 aromatic rings. The quantitative estimate of drug-likeness (QED) is 0.558. The highest BCUT2D eigenvalue weighted by Gasteiger charge is 2.13. The zero-order chi connectivity index (χ0) is 14.0. The van der Waals surface area contributed by atoms with Gasteiger partial charge in [0.05, 0.1) is 9.99 Å². The lowest BCUT2D eigenvalue weighted by Gasteiger charge is -2.16. The molecular formula is C14H19BrFNOSi. The molecule has 104 valence electrons. The zero-order valence-corrected chi connectivity index (χ0v) is 14.1. The first-order valence-electron chi connectivity index (χ1n) is 6.39. The van der Waals surface area contributed by atoms with E-state index in [1.165, 1.54) is 6.07 Å². The third kappa shape index (κ3) is 3.67. The fourth-order valence-electron chi connectivity index (χ4n) is 1.87. The Balaban J connectivity index is 2.07. The van der Waals surface area contributed by atoms with Crippen LogP contribution in [-0.4, -0.2) is 19.2 Å². The molecule has 0 unspecified atom stereocenters. The normalized spacial score (nSPS) is 12.3. The highest BCUT2D eigenvalue weighted by molar-refractivity contribution is 9.10. The smallest absolute Gasteiger partial charge is 0.139 e. The lowest BCUT2D eigenvalue weighted by Crippen LogP contribution is -2.21. The number of rotatable bonds is 5. The zero-order valence-electron chi connectivity index (χ0n) is 11.5. The van der Waals surface area contributed by atoms with E-state index in [0.29, 0.717) is 11.2 Å². The van der Waals surface area contributed by atoms with E-state index in [1.807, 2.05) is 16.8 Å². The molecular weight excluding hydrogens is 325 g/mol. The molecule has 0 aliphatic carbocycles.